The zero-order valence-electron chi connectivity index (χ0n) is 12.6. The van der Waals surface area contributed by atoms with Crippen molar-refractivity contribution in [2.75, 3.05) is 13.1 Å². The standard InChI is InChI=1S/C16H23FN2O2/c1-3-19(10-16(20)21)14-7-13(8-14)18-9-12-6-11(2)4-5-15(12)17/h4-6,13-14,18H,3,7-10H2,1-2H3,(H,20,21). The number of hydrogen-bond donors (Lipinski definition) is 2. The molecule has 1 saturated carbocycles. The van der Waals surface area contributed by atoms with Crippen molar-refractivity contribution in [2.45, 2.75) is 45.3 Å². The number of likely N-dealkylation sites (N-methyl/N-ethyl adjacent to an activating group) is 1. The molecule has 1 fully saturated rings. The largest absolute Gasteiger partial charge is 0.480 e. The lowest BCUT2D eigenvalue weighted by molar-refractivity contribution is -0.139. The van der Waals surface area contributed by atoms with Gasteiger partial charge in [0, 0.05) is 24.2 Å². The highest BCUT2D eigenvalue weighted by atomic mass is 19.1. The van der Waals surface area contributed by atoms with Gasteiger partial charge in [0.25, 0.3) is 0 Å². The van der Waals surface area contributed by atoms with Crippen LogP contribution in [0.25, 0.3) is 0 Å². The number of benzene rings is 1. The van der Waals surface area contributed by atoms with E-state index in [2.05, 4.69) is 5.32 Å². The molecule has 5 heteroatoms. The molecule has 0 amide bonds. The van der Waals surface area contributed by atoms with Crippen LogP contribution in [0.5, 0.6) is 0 Å². The molecular formula is C16H23FN2O2. The minimum absolute atomic E-state index is 0.0976. The summed E-state index contributed by atoms with van der Waals surface area (Å²) in [4.78, 5) is 12.8. The minimum atomic E-state index is -0.782. The van der Waals surface area contributed by atoms with Gasteiger partial charge in [0.1, 0.15) is 5.82 Å². The van der Waals surface area contributed by atoms with Gasteiger partial charge in [-0.05, 0) is 32.4 Å². The SMILES string of the molecule is CCN(CC(=O)O)C1CC(NCc2cc(C)ccc2F)C1. The number of carbonyl (C=O) groups is 1. The van der Waals surface area contributed by atoms with E-state index in [9.17, 15) is 9.18 Å². The van der Waals surface area contributed by atoms with Gasteiger partial charge in [0.05, 0.1) is 6.54 Å². The van der Waals surface area contributed by atoms with Crippen molar-refractivity contribution in [3.8, 4) is 0 Å². The van der Waals surface area contributed by atoms with Crippen molar-refractivity contribution in [3.05, 3.63) is 35.1 Å². The van der Waals surface area contributed by atoms with Crippen LogP contribution in [0.3, 0.4) is 0 Å². The number of nitrogens with one attached hydrogen (secondary N) is 1. The summed E-state index contributed by atoms with van der Waals surface area (Å²) >= 11 is 0. The molecule has 21 heavy (non-hydrogen) atoms. The predicted octanol–water partition coefficient (Wildman–Crippen LogP) is 2.16. The van der Waals surface area contributed by atoms with Gasteiger partial charge in [-0.2, -0.15) is 0 Å². The van der Waals surface area contributed by atoms with Crippen LogP contribution >= 0.6 is 0 Å². The third kappa shape index (κ3) is 4.25. The number of nitrogens with zero attached hydrogens (tertiary/aromatic N) is 1. The van der Waals surface area contributed by atoms with E-state index in [4.69, 9.17) is 5.11 Å². The predicted molar refractivity (Wildman–Crippen MR) is 79.7 cm³/mol. The normalized spacial score (nSPS) is 21.3. The van der Waals surface area contributed by atoms with Gasteiger partial charge in [0.2, 0.25) is 0 Å². The maximum absolute atomic E-state index is 13.6. The highest BCUT2D eigenvalue weighted by molar-refractivity contribution is 5.69. The van der Waals surface area contributed by atoms with E-state index in [1.807, 2.05) is 24.8 Å². The summed E-state index contributed by atoms with van der Waals surface area (Å²) in [5.41, 5.74) is 1.75. The molecule has 0 radical (unpaired) electrons. The van der Waals surface area contributed by atoms with Gasteiger partial charge < -0.3 is 10.4 Å². The lowest BCUT2D eigenvalue weighted by atomic mass is 9.85. The van der Waals surface area contributed by atoms with E-state index in [0.717, 1.165) is 24.9 Å². The van der Waals surface area contributed by atoms with Crippen LogP contribution < -0.4 is 5.32 Å². The third-order valence-corrected chi connectivity index (χ3v) is 4.16. The molecule has 0 bridgehead atoms. The zero-order chi connectivity index (χ0) is 15.4. The number of hydrogen-bond acceptors (Lipinski definition) is 3. The van der Waals surface area contributed by atoms with Gasteiger partial charge in [-0.3, -0.25) is 9.69 Å². The number of carboxylic acid groups (broad SMARTS) is 1. The van der Waals surface area contributed by atoms with Crippen molar-refractivity contribution in [3.63, 3.8) is 0 Å². The van der Waals surface area contributed by atoms with Crippen molar-refractivity contribution in [1.82, 2.24) is 10.2 Å². The van der Waals surface area contributed by atoms with E-state index < -0.39 is 5.97 Å². The van der Waals surface area contributed by atoms with Gasteiger partial charge in [-0.25, -0.2) is 4.39 Å². The average Bonchev–Trinajstić information content (AvgIpc) is 2.38. The van der Waals surface area contributed by atoms with Crippen LogP contribution in [0.4, 0.5) is 4.39 Å². The van der Waals surface area contributed by atoms with Crippen LogP contribution in [0.15, 0.2) is 18.2 Å². The fraction of sp³-hybridized carbons (Fsp3) is 0.562. The summed E-state index contributed by atoms with van der Waals surface area (Å²) in [5, 5.41) is 12.2. The van der Waals surface area contributed by atoms with Crippen LogP contribution in [-0.4, -0.2) is 41.1 Å². The van der Waals surface area contributed by atoms with Crippen LogP contribution in [0.1, 0.15) is 30.9 Å². The molecule has 1 aromatic carbocycles. The van der Waals surface area contributed by atoms with Crippen LogP contribution in [0, 0.1) is 12.7 Å². The monoisotopic (exact) mass is 294 g/mol. The number of aryl methyl sites for hydroxylation is 1. The summed E-state index contributed by atoms with van der Waals surface area (Å²) in [6.07, 6.45) is 1.85. The first-order chi connectivity index (χ1) is 9.99. The Bertz CT molecular complexity index is 501. The second-order valence-electron chi connectivity index (χ2n) is 5.75. The molecular weight excluding hydrogens is 271 g/mol. The number of rotatable bonds is 7. The molecule has 0 spiro atoms. The van der Waals surface area contributed by atoms with Gasteiger partial charge >= 0.3 is 5.97 Å². The molecule has 0 atom stereocenters. The number of aliphatic carboxylic acids is 1. The summed E-state index contributed by atoms with van der Waals surface area (Å²) in [5.74, 6) is -0.958. The maximum Gasteiger partial charge on any atom is 0.317 e. The van der Waals surface area contributed by atoms with E-state index in [0.29, 0.717) is 24.2 Å². The fourth-order valence-corrected chi connectivity index (χ4v) is 2.82. The molecule has 0 aromatic heterocycles. The van der Waals surface area contributed by atoms with Gasteiger partial charge in [-0.15, -0.1) is 0 Å². The molecule has 0 unspecified atom stereocenters. The fourth-order valence-electron chi connectivity index (χ4n) is 2.82. The molecule has 0 heterocycles. The highest BCUT2D eigenvalue weighted by Crippen LogP contribution is 2.26. The molecule has 1 aliphatic carbocycles. The Hall–Kier alpha value is -1.46. The molecule has 4 nitrogen and oxygen atoms in total. The van der Waals surface area contributed by atoms with Gasteiger partial charge in [-0.1, -0.05) is 24.6 Å². The second-order valence-corrected chi connectivity index (χ2v) is 5.75. The van der Waals surface area contributed by atoms with Crippen LogP contribution in [-0.2, 0) is 11.3 Å². The molecule has 0 saturated heterocycles. The summed E-state index contributed by atoms with van der Waals surface area (Å²) in [7, 11) is 0. The lowest BCUT2D eigenvalue weighted by Gasteiger charge is -2.42. The highest BCUT2D eigenvalue weighted by Gasteiger charge is 2.33. The second kappa shape index (κ2) is 7.00. The van der Waals surface area contributed by atoms with E-state index in [1.165, 1.54) is 6.07 Å². The van der Waals surface area contributed by atoms with E-state index >= 15 is 0 Å². The molecule has 1 aliphatic rings. The molecule has 1 aromatic rings. The van der Waals surface area contributed by atoms with E-state index in [-0.39, 0.29) is 12.4 Å². The van der Waals surface area contributed by atoms with Gasteiger partial charge in [0.15, 0.2) is 0 Å². The Morgan fingerprint density at radius 1 is 1.48 bits per heavy atom. The first-order valence-corrected chi connectivity index (χ1v) is 7.43. The van der Waals surface area contributed by atoms with Crippen LogP contribution in [0.2, 0.25) is 0 Å². The van der Waals surface area contributed by atoms with Crippen molar-refractivity contribution in [1.29, 1.82) is 0 Å². The quantitative estimate of drug-likeness (QED) is 0.809. The summed E-state index contributed by atoms with van der Waals surface area (Å²) in [6, 6.07) is 5.80. The lowest BCUT2D eigenvalue weighted by Crippen LogP contribution is -2.53. The topological polar surface area (TPSA) is 52.6 Å². The third-order valence-electron chi connectivity index (χ3n) is 4.16. The number of carboxylic acids is 1. The summed E-state index contributed by atoms with van der Waals surface area (Å²) < 4.78 is 13.6. The molecule has 2 N–H and O–H groups in total. The number of halogens is 1. The smallest absolute Gasteiger partial charge is 0.317 e. The van der Waals surface area contributed by atoms with Crippen molar-refractivity contribution in [2.24, 2.45) is 0 Å². The minimum Gasteiger partial charge on any atom is -0.480 e. The Morgan fingerprint density at radius 2 is 2.19 bits per heavy atom. The molecule has 0 aliphatic heterocycles. The first-order valence-electron chi connectivity index (χ1n) is 7.43. The van der Waals surface area contributed by atoms with Crippen molar-refractivity contribution >= 4 is 5.97 Å². The molecule has 116 valence electrons. The Balaban J connectivity index is 1.77. The van der Waals surface area contributed by atoms with Crippen molar-refractivity contribution < 1.29 is 14.3 Å². The Kier molecular flexibility index (Phi) is 5.31. The molecule has 2 rings (SSSR count). The maximum atomic E-state index is 13.6. The average molecular weight is 294 g/mol. The first kappa shape index (κ1) is 15.9. The Labute approximate surface area is 125 Å². The Morgan fingerprint density at radius 3 is 2.81 bits per heavy atom. The summed E-state index contributed by atoms with van der Waals surface area (Å²) in [6.45, 7) is 5.30. The zero-order valence-corrected chi connectivity index (χ0v) is 12.6. The van der Waals surface area contributed by atoms with E-state index in [1.54, 1.807) is 6.07 Å².